The second-order valence-corrected chi connectivity index (χ2v) is 4.81. The van der Waals surface area contributed by atoms with Crippen LogP contribution in [-0.4, -0.2) is 53.1 Å². The molecule has 7 nitrogen and oxygen atoms in total. The molecule has 1 aromatic heterocycles. The molecule has 0 bridgehead atoms. The van der Waals surface area contributed by atoms with Crippen LogP contribution in [0.1, 0.15) is 36.2 Å². The van der Waals surface area contributed by atoms with Crippen molar-refractivity contribution >= 4 is 11.8 Å². The predicted molar refractivity (Wildman–Crippen MR) is 72.2 cm³/mol. The lowest BCUT2D eigenvalue weighted by Crippen LogP contribution is -2.39. The highest BCUT2D eigenvalue weighted by molar-refractivity contribution is 5.92. The summed E-state index contributed by atoms with van der Waals surface area (Å²) in [7, 11) is 1.58. The van der Waals surface area contributed by atoms with Gasteiger partial charge in [0, 0.05) is 39.9 Å². The zero-order valence-electron chi connectivity index (χ0n) is 12.0. The van der Waals surface area contributed by atoms with Gasteiger partial charge in [0.2, 0.25) is 5.91 Å². The largest absolute Gasteiger partial charge is 0.383 e. The highest BCUT2D eigenvalue weighted by Gasteiger charge is 2.28. The third kappa shape index (κ3) is 2.82. The maximum Gasteiger partial charge on any atom is 0.271 e. The Morgan fingerprint density at radius 2 is 2.25 bits per heavy atom. The van der Waals surface area contributed by atoms with E-state index in [9.17, 15) is 9.59 Å². The van der Waals surface area contributed by atoms with Crippen molar-refractivity contribution in [3.63, 3.8) is 0 Å². The number of carbonyl (C=O) groups excluding carboxylic acids is 2. The summed E-state index contributed by atoms with van der Waals surface area (Å²) >= 11 is 0. The van der Waals surface area contributed by atoms with Crippen LogP contribution in [0.15, 0.2) is 6.20 Å². The number of hydrogen-bond donors (Lipinski definition) is 1. The summed E-state index contributed by atoms with van der Waals surface area (Å²) in [6.45, 7) is 5.70. The highest BCUT2D eigenvalue weighted by Crippen LogP contribution is 2.24. The minimum absolute atomic E-state index is 0.0258. The van der Waals surface area contributed by atoms with E-state index < -0.39 is 0 Å². The number of ether oxygens (including phenoxy) is 1. The summed E-state index contributed by atoms with van der Waals surface area (Å²) in [6, 6.07) is -0.109. The van der Waals surface area contributed by atoms with Gasteiger partial charge in [0.05, 0.1) is 12.6 Å². The van der Waals surface area contributed by atoms with Gasteiger partial charge in [-0.1, -0.05) is 0 Å². The minimum atomic E-state index is -0.217. The van der Waals surface area contributed by atoms with Crippen molar-refractivity contribution in [3.8, 4) is 0 Å². The molecule has 0 saturated carbocycles. The molecule has 1 N–H and O–H groups in total. The lowest BCUT2D eigenvalue weighted by atomic mass is 10.2. The number of hydrogen-bond acceptors (Lipinski definition) is 4. The Morgan fingerprint density at radius 3 is 2.90 bits per heavy atom. The number of aromatic nitrogens is 2. The van der Waals surface area contributed by atoms with Crippen molar-refractivity contribution in [2.45, 2.75) is 26.4 Å². The van der Waals surface area contributed by atoms with Crippen LogP contribution >= 0.6 is 0 Å². The second kappa shape index (κ2) is 6.04. The van der Waals surface area contributed by atoms with Gasteiger partial charge < -0.3 is 19.5 Å². The maximum atomic E-state index is 11.9. The molecular weight excluding hydrogens is 260 g/mol. The Labute approximate surface area is 117 Å². The SMILES string of the molecule is COCCNC(=O)c1cn2c(n1)[C@H](C)N(C(C)=O)CC2. The Hall–Kier alpha value is -1.89. The Kier molecular flexibility index (Phi) is 4.39. The predicted octanol–water partition coefficient (Wildman–Crippen LogP) is 0.182. The van der Waals surface area contributed by atoms with E-state index in [-0.39, 0.29) is 17.9 Å². The average molecular weight is 280 g/mol. The summed E-state index contributed by atoms with van der Waals surface area (Å²) in [5, 5.41) is 2.74. The lowest BCUT2D eigenvalue weighted by Gasteiger charge is -2.32. The molecule has 2 rings (SSSR count). The first-order valence-corrected chi connectivity index (χ1v) is 6.66. The quantitative estimate of drug-likeness (QED) is 0.798. The summed E-state index contributed by atoms with van der Waals surface area (Å²) in [4.78, 5) is 29.6. The Morgan fingerprint density at radius 1 is 1.50 bits per heavy atom. The van der Waals surface area contributed by atoms with Gasteiger partial charge in [0.25, 0.3) is 5.91 Å². The number of nitrogens with zero attached hydrogens (tertiary/aromatic N) is 3. The first-order chi connectivity index (χ1) is 9.54. The summed E-state index contributed by atoms with van der Waals surface area (Å²) in [6.07, 6.45) is 1.74. The third-order valence-electron chi connectivity index (χ3n) is 3.46. The van der Waals surface area contributed by atoms with E-state index in [0.29, 0.717) is 31.9 Å². The van der Waals surface area contributed by atoms with Crippen LogP contribution in [0, 0.1) is 0 Å². The van der Waals surface area contributed by atoms with E-state index >= 15 is 0 Å². The van der Waals surface area contributed by atoms with E-state index in [2.05, 4.69) is 10.3 Å². The number of fused-ring (bicyclic) bond motifs is 1. The number of amides is 2. The van der Waals surface area contributed by atoms with Crippen LogP contribution < -0.4 is 5.32 Å². The molecule has 7 heteroatoms. The summed E-state index contributed by atoms with van der Waals surface area (Å²) in [5.74, 6) is 0.562. The fourth-order valence-electron chi connectivity index (χ4n) is 2.39. The molecule has 2 amide bonds. The van der Waals surface area contributed by atoms with Crippen LogP contribution in [0.25, 0.3) is 0 Å². The first kappa shape index (κ1) is 14.5. The van der Waals surface area contributed by atoms with Gasteiger partial charge >= 0.3 is 0 Å². The number of carbonyl (C=O) groups is 2. The van der Waals surface area contributed by atoms with Crippen LogP contribution in [0.3, 0.4) is 0 Å². The Bertz CT molecular complexity index is 512. The molecule has 20 heavy (non-hydrogen) atoms. The molecular formula is C13H20N4O3. The molecule has 1 atom stereocenters. The van der Waals surface area contributed by atoms with Crippen LogP contribution in [0.5, 0.6) is 0 Å². The smallest absolute Gasteiger partial charge is 0.271 e. The van der Waals surface area contributed by atoms with E-state index in [1.54, 1.807) is 25.1 Å². The molecule has 0 aromatic carbocycles. The van der Waals surface area contributed by atoms with Gasteiger partial charge in [-0.25, -0.2) is 4.98 Å². The van der Waals surface area contributed by atoms with E-state index in [0.717, 1.165) is 5.82 Å². The van der Waals surface area contributed by atoms with Crippen LogP contribution in [-0.2, 0) is 16.1 Å². The van der Waals surface area contributed by atoms with Crippen molar-refractivity contribution in [3.05, 3.63) is 17.7 Å². The molecule has 1 aromatic rings. The van der Waals surface area contributed by atoms with Gasteiger partial charge in [-0.05, 0) is 6.92 Å². The molecule has 2 heterocycles. The molecule has 0 radical (unpaired) electrons. The number of rotatable bonds is 4. The molecule has 110 valence electrons. The molecule has 0 spiro atoms. The highest BCUT2D eigenvalue weighted by atomic mass is 16.5. The van der Waals surface area contributed by atoms with Crippen molar-refractivity contribution in [1.82, 2.24) is 19.8 Å². The second-order valence-electron chi connectivity index (χ2n) is 4.81. The Balaban J connectivity index is 2.11. The summed E-state index contributed by atoms with van der Waals surface area (Å²) in [5.41, 5.74) is 0.383. The molecule has 0 fully saturated rings. The normalized spacial score (nSPS) is 17.8. The molecule has 1 aliphatic heterocycles. The minimum Gasteiger partial charge on any atom is -0.383 e. The van der Waals surface area contributed by atoms with E-state index in [1.807, 2.05) is 11.5 Å². The van der Waals surface area contributed by atoms with Crippen molar-refractivity contribution in [2.75, 3.05) is 26.8 Å². The average Bonchev–Trinajstić information content (AvgIpc) is 2.84. The standard InChI is InChI=1S/C13H20N4O3/c1-9-12-15-11(13(19)14-4-7-20-3)8-16(12)5-6-17(9)10(2)18/h8-9H,4-7H2,1-3H3,(H,14,19)/t9-/m0/s1. The van der Waals surface area contributed by atoms with Crippen LogP contribution in [0.2, 0.25) is 0 Å². The zero-order valence-corrected chi connectivity index (χ0v) is 12.0. The molecule has 1 aliphatic rings. The van der Waals surface area contributed by atoms with Gasteiger partial charge in [-0.15, -0.1) is 0 Å². The monoisotopic (exact) mass is 280 g/mol. The maximum absolute atomic E-state index is 11.9. The fourth-order valence-corrected chi connectivity index (χ4v) is 2.39. The van der Waals surface area contributed by atoms with Crippen LogP contribution in [0.4, 0.5) is 0 Å². The number of imidazole rings is 1. The van der Waals surface area contributed by atoms with Gasteiger partial charge in [-0.2, -0.15) is 0 Å². The van der Waals surface area contributed by atoms with Crippen molar-refractivity contribution in [1.29, 1.82) is 0 Å². The summed E-state index contributed by atoms with van der Waals surface area (Å²) < 4.78 is 6.82. The zero-order chi connectivity index (χ0) is 14.7. The molecule has 0 unspecified atom stereocenters. The molecule has 0 aliphatic carbocycles. The van der Waals surface area contributed by atoms with Gasteiger partial charge in [0.1, 0.15) is 11.5 Å². The van der Waals surface area contributed by atoms with Crippen molar-refractivity contribution < 1.29 is 14.3 Å². The topological polar surface area (TPSA) is 76.5 Å². The fraction of sp³-hybridized carbons (Fsp3) is 0.615. The lowest BCUT2D eigenvalue weighted by molar-refractivity contribution is -0.132. The number of nitrogens with one attached hydrogen (secondary N) is 1. The van der Waals surface area contributed by atoms with E-state index in [4.69, 9.17) is 4.74 Å². The number of methoxy groups -OCH3 is 1. The molecule has 0 saturated heterocycles. The first-order valence-electron chi connectivity index (χ1n) is 6.66. The van der Waals surface area contributed by atoms with Crippen molar-refractivity contribution in [2.24, 2.45) is 0 Å². The van der Waals surface area contributed by atoms with E-state index in [1.165, 1.54) is 0 Å². The van der Waals surface area contributed by atoms with Gasteiger partial charge in [0.15, 0.2) is 0 Å². The van der Waals surface area contributed by atoms with Gasteiger partial charge in [-0.3, -0.25) is 9.59 Å². The third-order valence-corrected chi connectivity index (χ3v) is 3.46.